The Morgan fingerprint density at radius 1 is 1.24 bits per heavy atom. The van der Waals surface area contributed by atoms with E-state index in [2.05, 4.69) is 10.2 Å². The number of benzene rings is 1. The van der Waals surface area contributed by atoms with Crippen molar-refractivity contribution in [2.24, 2.45) is 0 Å². The van der Waals surface area contributed by atoms with Crippen molar-refractivity contribution in [1.29, 1.82) is 0 Å². The second-order valence-corrected chi connectivity index (χ2v) is 8.21. The first-order chi connectivity index (χ1) is 14.0. The molecule has 1 aromatic rings. The van der Waals surface area contributed by atoms with Crippen molar-refractivity contribution in [3.63, 3.8) is 0 Å². The van der Waals surface area contributed by atoms with Crippen LogP contribution in [0.5, 0.6) is 5.75 Å². The van der Waals surface area contributed by atoms with E-state index in [0.717, 1.165) is 54.2 Å². The molecule has 2 aliphatic heterocycles. The molecule has 154 valence electrons. The van der Waals surface area contributed by atoms with Crippen LogP contribution in [0.2, 0.25) is 0 Å². The summed E-state index contributed by atoms with van der Waals surface area (Å²) in [7, 11) is 3.68. The quantitative estimate of drug-likeness (QED) is 0.790. The zero-order valence-electron chi connectivity index (χ0n) is 17.3. The summed E-state index contributed by atoms with van der Waals surface area (Å²) in [5.74, 6) is 0.665. The van der Waals surface area contributed by atoms with Crippen LogP contribution in [-0.4, -0.2) is 50.0 Å². The third-order valence-corrected chi connectivity index (χ3v) is 6.17. The number of rotatable bonds is 4. The number of likely N-dealkylation sites (N-methyl/N-ethyl adjacent to an activating group) is 1. The van der Waals surface area contributed by atoms with Crippen molar-refractivity contribution in [2.75, 3.05) is 27.2 Å². The molecular weight excluding hydrogens is 368 g/mol. The van der Waals surface area contributed by atoms with Gasteiger partial charge in [0.25, 0.3) is 0 Å². The van der Waals surface area contributed by atoms with Gasteiger partial charge in [0.05, 0.1) is 12.7 Å². The van der Waals surface area contributed by atoms with Crippen LogP contribution in [0.25, 0.3) is 0 Å². The lowest BCUT2D eigenvalue weighted by atomic mass is 9.78. The Morgan fingerprint density at radius 3 is 2.76 bits per heavy atom. The van der Waals surface area contributed by atoms with E-state index in [1.165, 1.54) is 0 Å². The van der Waals surface area contributed by atoms with E-state index in [4.69, 9.17) is 9.47 Å². The minimum absolute atomic E-state index is 0.0693. The van der Waals surface area contributed by atoms with Gasteiger partial charge < -0.3 is 19.7 Å². The second kappa shape index (κ2) is 8.03. The van der Waals surface area contributed by atoms with E-state index < -0.39 is 0 Å². The summed E-state index contributed by atoms with van der Waals surface area (Å²) in [4.78, 5) is 27.8. The van der Waals surface area contributed by atoms with Gasteiger partial charge in [-0.05, 0) is 38.4 Å². The maximum Gasteiger partial charge on any atom is 0.336 e. The molecule has 1 saturated heterocycles. The zero-order chi connectivity index (χ0) is 20.5. The van der Waals surface area contributed by atoms with E-state index in [1.54, 1.807) is 7.11 Å². The predicted octanol–water partition coefficient (Wildman–Crippen LogP) is 2.91. The SMILES string of the molecule is COc1ccccc1[C@H]1CC(=O)C2=C(C1)NC(C)=C(C(=O)O[C@@H]1CCN(C)C1)C2. The molecule has 3 aliphatic rings. The normalized spacial score (nSPS) is 25.0. The van der Waals surface area contributed by atoms with Gasteiger partial charge in [0, 0.05) is 48.8 Å². The van der Waals surface area contributed by atoms with Crippen molar-refractivity contribution in [2.45, 2.75) is 44.6 Å². The molecule has 1 fully saturated rings. The second-order valence-electron chi connectivity index (χ2n) is 8.21. The van der Waals surface area contributed by atoms with Crippen LogP contribution in [0.4, 0.5) is 0 Å². The first-order valence-electron chi connectivity index (χ1n) is 10.2. The number of allylic oxidation sites excluding steroid dienone is 3. The van der Waals surface area contributed by atoms with Gasteiger partial charge in [0.15, 0.2) is 5.78 Å². The standard InChI is InChI=1S/C23H28N2O4/c1-14-18(23(27)29-16-8-9-25(2)13-16)12-19-20(24-14)10-15(11-21(19)26)17-6-4-5-7-22(17)28-3/h4-7,15-16,24H,8-13H2,1-3H3/t15-,16-/m1/s1. The highest BCUT2D eigenvalue weighted by atomic mass is 16.5. The molecule has 6 heteroatoms. The molecule has 6 nitrogen and oxygen atoms in total. The summed E-state index contributed by atoms with van der Waals surface area (Å²) >= 11 is 0. The first kappa shape index (κ1) is 19.7. The van der Waals surface area contributed by atoms with Crippen LogP contribution >= 0.6 is 0 Å². The van der Waals surface area contributed by atoms with Crippen LogP contribution in [0.1, 0.15) is 44.1 Å². The third-order valence-electron chi connectivity index (χ3n) is 6.17. The monoisotopic (exact) mass is 396 g/mol. The van der Waals surface area contributed by atoms with Crippen molar-refractivity contribution in [3.8, 4) is 5.75 Å². The van der Waals surface area contributed by atoms with E-state index >= 15 is 0 Å². The summed E-state index contributed by atoms with van der Waals surface area (Å²) < 4.78 is 11.2. The molecule has 0 bridgehead atoms. The fourth-order valence-electron chi connectivity index (χ4n) is 4.56. The van der Waals surface area contributed by atoms with Crippen molar-refractivity contribution >= 4 is 11.8 Å². The van der Waals surface area contributed by atoms with Gasteiger partial charge >= 0.3 is 5.97 Å². The maximum absolute atomic E-state index is 13.0. The molecule has 29 heavy (non-hydrogen) atoms. The van der Waals surface area contributed by atoms with Gasteiger partial charge in [0.2, 0.25) is 0 Å². The Morgan fingerprint density at radius 2 is 2.03 bits per heavy atom. The summed E-state index contributed by atoms with van der Waals surface area (Å²) in [6.07, 6.45) is 2.30. The Balaban J connectivity index is 1.50. The number of carbonyl (C=O) groups excluding carboxylic acids is 2. The predicted molar refractivity (Wildman–Crippen MR) is 109 cm³/mol. The van der Waals surface area contributed by atoms with E-state index in [-0.39, 0.29) is 23.8 Å². The summed E-state index contributed by atoms with van der Waals surface area (Å²) in [6.45, 7) is 3.59. The number of para-hydroxylation sites is 1. The Kier molecular flexibility index (Phi) is 5.46. The van der Waals surface area contributed by atoms with E-state index in [0.29, 0.717) is 18.4 Å². The molecule has 2 atom stereocenters. The van der Waals surface area contributed by atoms with Gasteiger partial charge in [-0.3, -0.25) is 4.79 Å². The lowest BCUT2D eigenvalue weighted by Gasteiger charge is -2.32. The molecule has 1 aliphatic carbocycles. The van der Waals surface area contributed by atoms with E-state index in [9.17, 15) is 9.59 Å². The van der Waals surface area contributed by atoms with E-state index in [1.807, 2.05) is 38.2 Å². The molecular formula is C23H28N2O4. The number of methoxy groups -OCH3 is 1. The van der Waals surface area contributed by atoms with Crippen LogP contribution < -0.4 is 10.1 Å². The van der Waals surface area contributed by atoms with Crippen molar-refractivity contribution in [3.05, 3.63) is 52.4 Å². The Labute approximate surface area is 171 Å². The molecule has 1 N–H and O–H groups in total. The van der Waals surface area contributed by atoms with Gasteiger partial charge in [-0.2, -0.15) is 0 Å². The van der Waals surface area contributed by atoms with Crippen LogP contribution in [0.3, 0.4) is 0 Å². The van der Waals surface area contributed by atoms with Gasteiger partial charge in [-0.25, -0.2) is 4.79 Å². The fourth-order valence-corrected chi connectivity index (χ4v) is 4.56. The van der Waals surface area contributed by atoms with Crippen LogP contribution in [0.15, 0.2) is 46.8 Å². The summed E-state index contributed by atoms with van der Waals surface area (Å²) in [5, 5.41) is 3.34. The number of Topliss-reactive ketones (excluding diaryl/α,β-unsaturated/α-hetero) is 1. The number of hydrogen-bond donors (Lipinski definition) is 1. The highest BCUT2D eigenvalue weighted by molar-refractivity contribution is 6.01. The largest absolute Gasteiger partial charge is 0.496 e. The lowest BCUT2D eigenvalue weighted by molar-refractivity contribution is -0.143. The number of carbonyl (C=O) groups is 2. The van der Waals surface area contributed by atoms with Crippen molar-refractivity contribution < 1.29 is 19.1 Å². The molecule has 1 aromatic carbocycles. The molecule has 2 heterocycles. The average Bonchev–Trinajstić information content (AvgIpc) is 3.11. The Bertz CT molecular complexity index is 902. The maximum atomic E-state index is 13.0. The summed E-state index contributed by atoms with van der Waals surface area (Å²) in [6, 6.07) is 7.86. The van der Waals surface area contributed by atoms with Crippen molar-refractivity contribution in [1.82, 2.24) is 10.2 Å². The molecule has 0 unspecified atom stereocenters. The van der Waals surface area contributed by atoms with Crippen LogP contribution in [-0.2, 0) is 14.3 Å². The molecule has 0 radical (unpaired) electrons. The molecule has 0 amide bonds. The summed E-state index contributed by atoms with van der Waals surface area (Å²) in [5.41, 5.74) is 4.05. The highest BCUT2D eigenvalue weighted by Gasteiger charge is 2.35. The van der Waals surface area contributed by atoms with Gasteiger partial charge in [-0.15, -0.1) is 0 Å². The van der Waals surface area contributed by atoms with Crippen LogP contribution in [0, 0.1) is 0 Å². The number of nitrogens with zero attached hydrogens (tertiary/aromatic N) is 1. The molecule has 0 saturated carbocycles. The van der Waals surface area contributed by atoms with Gasteiger partial charge in [-0.1, -0.05) is 18.2 Å². The smallest absolute Gasteiger partial charge is 0.336 e. The topological polar surface area (TPSA) is 67.9 Å². The number of esters is 1. The fraction of sp³-hybridized carbons (Fsp3) is 0.478. The Hall–Kier alpha value is -2.60. The highest BCUT2D eigenvalue weighted by Crippen LogP contribution is 2.41. The molecule has 4 rings (SSSR count). The number of ketones is 1. The molecule has 0 aromatic heterocycles. The average molecular weight is 396 g/mol. The minimum Gasteiger partial charge on any atom is -0.496 e. The first-order valence-corrected chi connectivity index (χ1v) is 10.2. The minimum atomic E-state index is -0.304. The lowest BCUT2D eigenvalue weighted by Crippen LogP contribution is -2.32. The zero-order valence-corrected chi connectivity index (χ0v) is 17.3. The molecule has 0 spiro atoms. The number of dihydropyridines is 1. The number of nitrogens with one attached hydrogen (secondary N) is 1. The number of ether oxygens (including phenoxy) is 2. The number of likely N-dealkylation sites (tertiary alicyclic amines) is 1. The van der Waals surface area contributed by atoms with Gasteiger partial charge in [0.1, 0.15) is 11.9 Å². The number of hydrogen-bond acceptors (Lipinski definition) is 6. The third kappa shape index (κ3) is 3.94.